The first-order valence-corrected chi connectivity index (χ1v) is 8.63. The number of hydrogen-bond acceptors (Lipinski definition) is 5. The van der Waals surface area contributed by atoms with Gasteiger partial charge in [0.1, 0.15) is 5.75 Å². The van der Waals surface area contributed by atoms with Crippen LogP contribution in [0.1, 0.15) is 27.9 Å². The van der Waals surface area contributed by atoms with Crippen molar-refractivity contribution in [2.45, 2.75) is 20.3 Å². The molecule has 1 amide bonds. The van der Waals surface area contributed by atoms with E-state index in [4.69, 9.17) is 4.74 Å². The van der Waals surface area contributed by atoms with Crippen LogP contribution >= 0.6 is 11.3 Å². The molecule has 0 spiro atoms. The lowest BCUT2D eigenvalue weighted by atomic mass is 10.0. The number of methoxy groups -OCH3 is 1. The van der Waals surface area contributed by atoms with Crippen LogP contribution in [0.4, 0.5) is 5.69 Å². The second-order valence-electron chi connectivity index (χ2n) is 5.72. The van der Waals surface area contributed by atoms with Crippen LogP contribution in [-0.2, 0) is 11.2 Å². The molecule has 0 atom stereocenters. The molecule has 2 aromatic carbocycles. The number of aromatic nitrogens is 1. The summed E-state index contributed by atoms with van der Waals surface area (Å²) in [5.74, 6) is 0.378. The topological polar surface area (TPSA) is 68.3 Å². The summed E-state index contributed by atoms with van der Waals surface area (Å²) in [6, 6.07) is 10.8. The molecule has 5 nitrogen and oxygen atoms in total. The first-order valence-electron chi connectivity index (χ1n) is 7.81. The Morgan fingerprint density at radius 3 is 2.72 bits per heavy atom. The van der Waals surface area contributed by atoms with Crippen molar-refractivity contribution in [1.29, 1.82) is 0 Å². The fourth-order valence-corrected chi connectivity index (χ4v) is 3.50. The van der Waals surface area contributed by atoms with E-state index in [1.807, 2.05) is 25.1 Å². The number of carbonyl (C=O) groups excluding carboxylic acids is 2. The Kier molecular flexibility index (Phi) is 4.81. The summed E-state index contributed by atoms with van der Waals surface area (Å²) in [5.41, 5.74) is 2.90. The van der Waals surface area contributed by atoms with Gasteiger partial charge in [-0.2, -0.15) is 0 Å². The lowest BCUT2D eigenvalue weighted by Gasteiger charge is -2.10. The smallest absolute Gasteiger partial charge is 0.228 e. The fourth-order valence-electron chi connectivity index (χ4n) is 2.63. The number of thiazole rings is 1. The Hall–Kier alpha value is -2.73. The molecule has 25 heavy (non-hydrogen) atoms. The number of ketones is 1. The van der Waals surface area contributed by atoms with Crippen molar-refractivity contribution < 1.29 is 14.3 Å². The predicted molar refractivity (Wildman–Crippen MR) is 99.7 cm³/mol. The second kappa shape index (κ2) is 7.03. The number of rotatable bonds is 5. The van der Waals surface area contributed by atoms with Gasteiger partial charge in [-0.25, -0.2) is 4.98 Å². The highest BCUT2D eigenvalue weighted by molar-refractivity contribution is 7.18. The number of Topliss-reactive ketones (excluding diaryl/α,β-unsaturated/α-hetero) is 1. The summed E-state index contributed by atoms with van der Waals surface area (Å²) >= 11 is 1.59. The molecule has 0 bridgehead atoms. The molecule has 1 aromatic heterocycles. The molecule has 1 heterocycles. The lowest BCUT2D eigenvalue weighted by molar-refractivity contribution is -0.115. The van der Waals surface area contributed by atoms with Crippen molar-refractivity contribution >= 4 is 38.9 Å². The second-order valence-corrected chi connectivity index (χ2v) is 6.96. The van der Waals surface area contributed by atoms with Gasteiger partial charge >= 0.3 is 0 Å². The maximum atomic E-state index is 12.4. The van der Waals surface area contributed by atoms with Gasteiger partial charge in [0.15, 0.2) is 5.78 Å². The van der Waals surface area contributed by atoms with E-state index >= 15 is 0 Å². The van der Waals surface area contributed by atoms with Crippen LogP contribution in [0.5, 0.6) is 5.75 Å². The lowest BCUT2D eigenvalue weighted by Crippen LogP contribution is -2.15. The highest BCUT2D eigenvalue weighted by Crippen LogP contribution is 2.25. The largest absolute Gasteiger partial charge is 0.496 e. The maximum Gasteiger partial charge on any atom is 0.228 e. The number of amides is 1. The third-order valence-electron chi connectivity index (χ3n) is 3.82. The van der Waals surface area contributed by atoms with Gasteiger partial charge in [0.2, 0.25) is 5.91 Å². The number of nitrogens with one attached hydrogen (secondary N) is 1. The maximum absolute atomic E-state index is 12.4. The van der Waals surface area contributed by atoms with E-state index in [9.17, 15) is 9.59 Å². The minimum absolute atomic E-state index is 0.0460. The van der Waals surface area contributed by atoms with E-state index in [1.165, 1.54) is 6.92 Å². The standard InChI is InChI=1S/C19H18N2O3S/c1-11(22)13-4-7-17(24-3)14(8-13)9-19(23)21-15-5-6-16-18(10-15)25-12(2)20-16/h4-8,10H,9H2,1-3H3,(H,21,23). The number of anilines is 1. The molecule has 0 aliphatic rings. The van der Waals surface area contributed by atoms with Crippen molar-refractivity contribution in [3.63, 3.8) is 0 Å². The quantitative estimate of drug-likeness (QED) is 0.703. The summed E-state index contributed by atoms with van der Waals surface area (Å²) in [7, 11) is 1.55. The first-order chi connectivity index (χ1) is 12.0. The summed E-state index contributed by atoms with van der Waals surface area (Å²) < 4.78 is 6.33. The molecule has 0 aliphatic heterocycles. The average molecular weight is 354 g/mol. The van der Waals surface area contributed by atoms with Crippen molar-refractivity contribution in [2.24, 2.45) is 0 Å². The molecular formula is C19H18N2O3S. The van der Waals surface area contributed by atoms with Crippen LogP contribution in [0.2, 0.25) is 0 Å². The van der Waals surface area contributed by atoms with E-state index in [2.05, 4.69) is 10.3 Å². The van der Waals surface area contributed by atoms with Crippen LogP contribution < -0.4 is 10.1 Å². The highest BCUT2D eigenvalue weighted by atomic mass is 32.1. The van der Waals surface area contributed by atoms with Gasteiger partial charge in [-0.05, 0) is 50.2 Å². The molecule has 3 aromatic rings. The van der Waals surface area contributed by atoms with E-state index in [0.717, 1.165) is 20.9 Å². The Bertz CT molecular complexity index is 962. The molecule has 0 unspecified atom stereocenters. The van der Waals surface area contributed by atoms with Crippen LogP contribution in [0.3, 0.4) is 0 Å². The van der Waals surface area contributed by atoms with Crippen LogP contribution in [-0.4, -0.2) is 23.8 Å². The first kappa shape index (κ1) is 17.1. The number of hydrogen-bond donors (Lipinski definition) is 1. The van der Waals surface area contributed by atoms with Gasteiger partial charge in [0.25, 0.3) is 0 Å². The van der Waals surface area contributed by atoms with Gasteiger partial charge in [-0.3, -0.25) is 9.59 Å². The van der Waals surface area contributed by atoms with Gasteiger partial charge < -0.3 is 10.1 Å². The molecule has 128 valence electrons. The third kappa shape index (κ3) is 3.85. The van der Waals surface area contributed by atoms with Crippen LogP contribution in [0, 0.1) is 6.92 Å². The van der Waals surface area contributed by atoms with Crippen molar-refractivity contribution in [1.82, 2.24) is 4.98 Å². The van der Waals surface area contributed by atoms with E-state index in [1.54, 1.807) is 36.6 Å². The molecule has 1 N–H and O–H groups in total. The average Bonchev–Trinajstić information content (AvgIpc) is 2.93. The molecule has 0 fully saturated rings. The zero-order valence-corrected chi connectivity index (χ0v) is 15.1. The van der Waals surface area contributed by atoms with Crippen molar-refractivity contribution in [3.05, 3.63) is 52.5 Å². The monoisotopic (exact) mass is 354 g/mol. The molecule has 0 saturated heterocycles. The number of nitrogens with zero attached hydrogens (tertiary/aromatic N) is 1. The summed E-state index contributed by atoms with van der Waals surface area (Å²) in [5, 5.41) is 3.88. The highest BCUT2D eigenvalue weighted by Gasteiger charge is 2.12. The summed E-state index contributed by atoms with van der Waals surface area (Å²) in [4.78, 5) is 28.4. The molecule has 3 rings (SSSR count). The van der Waals surface area contributed by atoms with Crippen LogP contribution in [0.25, 0.3) is 10.2 Å². The predicted octanol–water partition coefficient (Wildman–Crippen LogP) is 4.00. The third-order valence-corrected chi connectivity index (χ3v) is 4.75. The minimum Gasteiger partial charge on any atom is -0.496 e. The van der Waals surface area contributed by atoms with E-state index in [-0.39, 0.29) is 18.1 Å². The van der Waals surface area contributed by atoms with Gasteiger partial charge in [-0.1, -0.05) is 0 Å². The fraction of sp³-hybridized carbons (Fsp3) is 0.211. The number of benzene rings is 2. The zero-order valence-electron chi connectivity index (χ0n) is 14.3. The molecule has 6 heteroatoms. The Labute approximate surface area is 149 Å². The SMILES string of the molecule is COc1ccc(C(C)=O)cc1CC(=O)Nc1ccc2nc(C)sc2c1. The Balaban J connectivity index is 1.79. The molecular weight excluding hydrogens is 336 g/mol. The number of fused-ring (bicyclic) bond motifs is 1. The normalized spacial score (nSPS) is 10.7. The Morgan fingerprint density at radius 2 is 2.00 bits per heavy atom. The summed E-state index contributed by atoms with van der Waals surface area (Å²) in [6.45, 7) is 3.45. The van der Waals surface area contributed by atoms with Crippen molar-refractivity contribution in [2.75, 3.05) is 12.4 Å². The summed E-state index contributed by atoms with van der Waals surface area (Å²) in [6.07, 6.45) is 0.129. The van der Waals surface area contributed by atoms with Gasteiger partial charge in [0.05, 0.1) is 28.8 Å². The Morgan fingerprint density at radius 1 is 1.20 bits per heavy atom. The molecule has 0 radical (unpaired) electrons. The van der Waals surface area contributed by atoms with Gasteiger partial charge in [0, 0.05) is 16.8 Å². The van der Waals surface area contributed by atoms with Gasteiger partial charge in [-0.15, -0.1) is 11.3 Å². The number of ether oxygens (including phenoxy) is 1. The van der Waals surface area contributed by atoms with E-state index in [0.29, 0.717) is 16.9 Å². The molecule has 0 saturated carbocycles. The van der Waals surface area contributed by atoms with E-state index < -0.39 is 0 Å². The molecule has 0 aliphatic carbocycles. The zero-order chi connectivity index (χ0) is 18.0. The van der Waals surface area contributed by atoms with Crippen LogP contribution in [0.15, 0.2) is 36.4 Å². The minimum atomic E-state index is -0.167. The number of aryl methyl sites for hydroxylation is 1. The van der Waals surface area contributed by atoms with Crippen molar-refractivity contribution in [3.8, 4) is 5.75 Å². The number of carbonyl (C=O) groups is 2.